The van der Waals surface area contributed by atoms with E-state index in [1.54, 1.807) is 11.3 Å². The predicted octanol–water partition coefficient (Wildman–Crippen LogP) is 2.12. The average Bonchev–Trinajstić information content (AvgIpc) is 2.46. The molecule has 0 bridgehead atoms. The molecule has 2 nitrogen and oxygen atoms in total. The van der Waals surface area contributed by atoms with Crippen molar-refractivity contribution < 1.29 is 4.79 Å². The van der Waals surface area contributed by atoms with Crippen LogP contribution in [0.4, 0.5) is 0 Å². The minimum Gasteiger partial charge on any atom is -0.319 e. The molecule has 2 N–H and O–H groups in total. The molecule has 0 aromatic carbocycles. The van der Waals surface area contributed by atoms with Crippen LogP contribution in [0.3, 0.4) is 0 Å². The van der Waals surface area contributed by atoms with Gasteiger partial charge in [-0.25, -0.2) is 0 Å². The summed E-state index contributed by atoms with van der Waals surface area (Å²) in [7, 11) is 0. The van der Waals surface area contributed by atoms with Gasteiger partial charge in [0, 0.05) is 15.8 Å². The summed E-state index contributed by atoms with van der Waals surface area (Å²) >= 11 is 1.61. The van der Waals surface area contributed by atoms with Gasteiger partial charge in [-0.1, -0.05) is 0 Å². The van der Waals surface area contributed by atoms with Crippen LogP contribution in [0.5, 0.6) is 0 Å². The summed E-state index contributed by atoms with van der Waals surface area (Å²) in [4.78, 5) is 13.0. The van der Waals surface area contributed by atoms with Gasteiger partial charge in [-0.15, -0.1) is 11.3 Å². The summed E-state index contributed by atoms with van der Waals surface area (Å²) < 4.78 is 0. The standard InChI is InChI=1S/C10H13NOS/c1-7-5-8(6-13-7)9(12)10(11)3-2-4-10/h5-6H,2-4,11H2,1H3. The molecule has 0 spiro atoms. The highest BCUT2D eigenvalue weighted by Gasteiger charge is 2.40. The molecule has 1 aromatic heterocycles. The number of hydrogen-bond acceptors (Lipinski definition) is 3. The number of ketones is 1. The summed E-state index contributed by atoms with van der Waals surface area (Å²) in [5.74, 6) is 0.128. The van der Waals surface area contributed by atoms with E-state index in [9.17, 15) is 4.79 Å². The SMILES string of the molecule is Cc1cc(C(=O)C2(N)CCC2)cs1. The van der Waals surface area contributed by atoms with Gasteiger partial charge in [0.1, 0.15) is 0 Å². The van der Waals surface area contributed by atoms with Gasteiger partial charge in [0.05, 0.1) is 5.54 Å². The number of hydrogen-bond donors (Lipinski definition) is 1. The van der Waals surface area contributed by atoms with E-state index in [1.807, 2.05) is 18.4 Å². The van der Waals surface area contributed by atoms with E-state index < -0.39 is 5.54 Å². The molecule has 0 atom stereocenters. The van der Waals surface area contributed by atoms with Crippen molar-refractivity contribution in [1.82, 2.24) is 0 Å². The Bertz CT molecular complexity index is 338. The first-order chi connectivity index (χ1) is 6.12. The van der Waals surface area contributed by atoms with Crippen LogP contribution < -0.4 is 5.73 Å². The highest BCUT2D eigenvalue weighted by Crippen LogP contribution is 2.33. The van der Waals surface area contributed by atoms with Crippen LogP contribution in [0, 0.1) is 6.92 Å². The predicted molar refractivity (Wildman–Crippen MR) is 54.2 cm³/mol. The number of aryl methyl sites for hydroxylation is 1. The van der Waals surface area contributed by atoms with Gasteiger partial charge in [-0.2, -0.15) is 0 Å². The first kappa shape index (κ1) is 8.91. The summed E-state index contributed by atoms with van der Waals surface area (Å²) in [6, 6.07) is 1.93. The molecule has 0 aliphatic heterocycles. The second kappa shape index (κ2) is 2.93. The topological polar surface area (TPSA) is 43.1 Å². The lowest BCUT2D eigenvalue weighted by Gasteiger charge is -2.36. The Morgan fingerprint density at radius 1 is 1.62 bits per heavy atom. The summed E-state index contributed by atoms with van der Waals surface area (Å²) in [6.45, 7) is 2.01. The van der Waals surface area contributed by atoms with Crippen molar-refractivity contribution in [3.8, 4) is 0 Å². The molecule has 1 aliphatic carbocycles. The molecule has 1 aromatic rings. The molecule has 1 aliphatic rings. The fourth-order valence-corrected chi connectivity index (χ4v) is 2.32. The van der Waals surface area contributed by atoms with E-state index in [1.165, 1.54) is 4.88 Å². The maximum Gasteiger partial charge on any atom is 0.183 e. The molecule has 2 rings (SSSR count). The highest BCUT2D eigenvalue weighted by atomic mass is 32.1. The fraction of sp³-hybridized carbons (Fsp3) is 0.500. The van der Waals surface area contributed by atoms with Crippen LogP contribution in [-0.2, 0) is 0 Å². The molecular formula is C10H13NOS. The zero-order valence-electron chi connectivity index (χ0n) is 7.67. The minimum absolute atomic E-state index is 0.128. The highest BCUT2D eigenvalue weighted by molar-refractivity contribution is 7.10. The van der Waals surface area contributed by atoms with E-state index in [4.69, 9.17) is 5.73 Å². The maximum absolute atomic E-state index is 11.8. The van der Waals surface area contributed by atoms with Crippen molar-refractivity contribution in [1.29, 1.82) is 0 Å². The van der Waals surface area contributed by atoms with Crippen LogP contribution in [0.2, 0.25) is 0 Å². The molecule has 0 radical (unpaired) electrons. The van der Waals surface area contributed by atoms with E-state index in [0.29, 0.717) is 0 Å². The van der Waals surface area contributed by atoms with E-state index >= 15 is 0 Å². The maximum atomic E-state index is 11.8. The molecule has 0 amide bonds. The number of carbonyl (C=O) groups is 1. The monoisotopic (exact) mass is 195 g/mol. The Labute approximate surface area is 81.8 Å². The second-order valence-electron chi connectivity index (χ2n) is 3.78. The molecule has 1 saturated carbocycles. The van der Waals surface area contributed by atoms with E-state index in [2.05, 4.69) is 0 Å². The Morgan fingerprint density at radius 3 is 2.69 bits per heavy atom. The molecule has 13 heavy (non-hydrogen) atoms. The van der Waals surface area contributed by atoms with Crippen LogP contribution in [0.15, 0.2) is 11.4 Å². The molecule has 0 unspecified atom stereocenters. The van der Waals surface area contributed by atoms with Gasteiger partial charge in [-0.3, -0.25) is 4.79 Å². The Balaban J connectivity index is 2.22. The number of carbonyl (C=O) groups excluding carboxylic acids is 1. The Hall–Kier alpha value is -0.670. The van der Waals surface area contributed by atoms with Gasteiger partial charge in [0.25, 0.3) is 0 Å². The summed E-state index contributed by atoms with van der Waals surface area (Å²) in [6.07, 6.45) is 2.78. The van der Waals surface area contributed by atoms with Gasteiger partial charge in [0.2, 0.25) is 0 Å². The van der Waals surface area contributed by atoms with Crippen LogP contribution in [0.1, 0.15) is 34.5 Å². The third kappa shape index (κ3) is 1.42. The summed E-state index contributed by atoms with van der Waals surface area (Å²) in [5, 5.41) is 1.91. The zero-order valence-corrected chi connectivity index (χ0v) is 8.49. The lowest BCUT2D eigenvalue weighted by Crippen LogP contribution is -2.53. The van der Waals surface area contributed by atoms with Gasteiger partial charge in [0.15, 0.2) is 5.78 Å². The minimum atomic E-state index is -0.534. The zero-order chi connectivity index (χ0) is 9.47. The van der Waals surface area contributed by atoms with Crippen molar-refractivity contribution in [3.05, 3.63) is 21.9 Å². The first-order valence-corrected chi connectivity index (χ1v) is 5.39. The number of thiophene rings is 1. The van der Waals surface area contributed by atoms with Crippen molar-refractivity contribution >= 4 is 17.1 Å². The lowest BCUT2D eigenvalue weighted by molar-refractivity contribution is 0.0801. The van der Waals surface area contributed by atoms with E-state index in [-0.39, 0.29) is 5.78 Å². The van der Waals surface area contributed by atoms with Gasteiger partial charge in [-0.05, 0) is 32.3 Å². The second-order valence-corrected chi connectivity index (χ2v) is 4.90. The van der Waals surface area contributed by atoms with Gasteiger partial charge >= 0.3 is 0 Å². The number of rotatable bonds is 2. The normalized spacial score (nSPS) is 19.5. The van der Waals surface area contributed by atoms with Crippen molar-refractivity contribution in [2.24, 2.45) is 5.73 Å². The smallest absolute Gasteiger partial charge is 0.183 e. The number of Topliss-reactive ketones (excluding diaryl/α,β-unsaturated/α-hetero) is 1. The fourth-order valence-electron chi connectivity index (χ4n) is 1.63. The van der Waals surface area contributed by atoms with Crippen LogP contribution in [0.25, 0.3) is 0 Å². The average molecular weight is 195 g/mol. The van der Waals surface area contributed by atoms with Crippen molar-refractivity contribution in [2.75, 3.05) is 0 Å². The molecule has 0 saturated heterocycles. The van der Waals surface area contributed by atoms with Crippen LogP contribution >= 0.6 is 11.3 Å². The molecule has 1 fully saturated rings. The lowest BCUT2D eigenvalue weighted by atomic mass is 9.73. The Morgan fingerprint density at radius 2 is 2.31 bits per heavy atom. The quantitative estimate of drug-likeness (QED) is 0.734. The Kier molecular flexibility index (Phi) is 2.00. The van der Waals surface area contributed by atoms with Crippen LogP contribution in [-0.4, -0.2) is 11.3 Å². The molecular weight excluding hydrogens is 182 g/mol. The van der Waals surface area contributed by atoms with E-state index in [0.717, 1.165) is 24.8 Å². The largest absolute Gasteiger partial charge is 0.319 e. The van der Waals surface area contributed by atoms with Crippen molar-refractivity contribution in [2.45, 2.75) is 31.7 Å². The number of nitrogens with two attached hydrogens (primary N) is 1. The first-order valence-electron chi connectivity index (χ1n) is 4.51. The third-order valence-corrected chi connectivity index (χ3v) is 3.55. The van der Waals surface area contributed by atoms with Gasteiger partial charge < -0.3 is 5.73 Å². The van der Waals surface area contributed by atoms with Crippen molar-refractivity contribution in [3.63, 3.8) is 0 Å². The summed E-state index contributed by atoms with van der Waals surface area (Å²) in [5.41, 5.74) is 6.20. The molecule has 3 heteroatoms. The molecule has 1 heterocycles. The third-order valence-electron chi connectivity index (χ3n) is 2.69. The molecule has 70 valence electrons.